The van der Waals surface area contributed by atoms with E-state index in [1.165, 1.54) is 12.5 Å². The molecule has 0 aliphatic heterocycles. The number of aromatic nitrogens is 2. The molecule has 92 valence electrons. The lowest BCUT2D eigenvalue weighted by Gasteiger charge is -2.07. The summed E-state index contributed by atoms with van der Waals surface area (Å²) in [6, 6.07) is 7.16. The monoisotopic (exact) mass is 243 g/mol. The summed E-state index contributed by atoms with van der Waals surface area (Å²) >= 11 is 0. The van der Waals surface area contributed by atoms with Gasteiger partial charge in [0.1, 0.15) is 12.1 Å². The van der Waals surface area contributed by atoms with Crippen LogP contribution in [0.1, 0.15) is 16.1 Å². The van der Waals surface area contributed by atoms with Crippen LogP contribution < -0.4 is 10.1 Å². The zero-order valence-corrected chi connectivity index (χ0v) is 10.2. The van der Waals surface area contributed by atoms with Crippen molar-refractivity contribution < 1.29 is 9.53 Å². The van der Waals surface area contributed by atoms with Crippen molar-refractivity contribution >= 4 is 11.6 Å². The van der Waals surface area contributed by atoms with Gasteiger partial charge in [-0.15, -0.1) is 0 Å². The molecule has 0 radical (unpaired) electrons. The molecule has 5 nitrogen and oxygen atoms in total. The molecular formula is C13H13N3O2. The Morgan fingerprint density at radius 2 is 2.22 bits per heavy atom. The summed E-state index contributed by atoms with van der Waals surface area (Å²) in [6.07, 6.45) is 2.91. The number of benzene rings is 1. The fourth-order valence-corrected chi connectivity index (χ4v) is 1.51. The van der Waals surface area contributed by atoms with Gasteiger partial charge in [0, 0.05) is 18.0 Å². The van der Waals surface area contributed by atoms with Crippen molar-refractivity contribution in [2.45, 2.75) is 6.92 Å². The maximum atomic E-state index is 12.0. The van der Waals surface area contributed by atoms with Crippen LogP contribution in [0.15, 0.2) is 36.8 Å². The third-order valence-electron chi connectivity index (χ3n) is 2.48. The van der Waals surface area contributed by atoms with Gasteiger partial charge in [-0.3, -0.25) is 4.79 Å². The summed E-state index contributed by atoms with van der Waals surface area (Å²) in [5.41, 5.74) is 1.77. The van der Waals surface area contributed by atoms with Crippen LogP contribution in [0.3, 0.4) is 0 Å². The standard InChI is InChI=1S/C13H13N3O2/c1-9-12(7-14-8-15-9)13(17)16-10-4-3-5-11(6-10)18-2/h3-8H,1-2H3,(H,16,17). The number of anilines is 1. The normalized spacial score (nSPS) is 9.89. The van der Waals surface area contributed by atoms with Gasteiger partial charge in [-0.2, -0.15) is 0 Å². The second-order valence-corrected chi connectivity index (χ2v) is 3.71. The van der Waals surface area contributed by atoms with E-state index in [0.717, 1.165) is 0 Å². The molecule has 2 aromatic rings. The third kappa shape index (κ3) is 2.63. The molecule has 2 rings (SSSR count). The lowest BCUT2D eigenvalue weighted by molar-refractivity contribution is 0.102. The molecule has 5 heteroatoms. The molecule has 1 aromatic heterocycles. The minimum atomic E-state index is -0.235. The van der Waals surface area contributed by atoms with Crippen molar-refractivity contribution in [3.8, 4) is 5.75 Å². The van der Waals surface area contributed by atoms with E-state index in [2.05, 4.69) is 15.3 Å². The van der Waals surface area contributed by atoms with Crippen LogP contribution in [0.25, 0.3) is 0 Å². The molecule has 0 spiro atoms. The van der Waals surface area contributed by atoms with Gasteiger partial charge in [0.2, 0.25) is 0 Å². The van der Waals surface area contributed by atoms with E-state index in [0.29, 0.717) is 22.7 Å². The lowest BCUT2D eigenvalue weighted by atomic mass is 10.2. The summed E-state index contributed by atoms with van der Waals surface area (Å²) < 4.78 is 5.09. The molecule has 18 heavy (non-hydrogen) atoms. The average Bonchev–Trinajstić information content (AvgIpc) is 2.39. The maximum Gasteiger partial charge on any atom is 0.259 e. The Kier molecular flexibility index (Phi) is 3.52. The van der Waals surface area contributed by atoms with Crippen molar-refractivity contribution in [3.63, 3.8) is 0 Å². The fourth-order valence-electron chi connectivity index (χ4n) is 1.51. The van der Waals surface area contributed by atoms with E-state index in [1.807, 2.05) is 12.1 Å². The number of carbonyl (C=O) groups excluding carboxylic acids is 1. The molecule has 1 N–H and O–H groups in total. The zero-order valence-electron chi connectivity index (χ0n) is 10.2. The van der Waals surface area contributed by atoms with E-state index in [-0.39, 0.29) is 5.91 Å². The first-order chi connectivity index (χ1) is 8.70. The summed E-state index contributed by atoms with van der Waals surface area (Å²) in [5.74, 6) is 0.454. The van der Waals surface area contributed by atoms with Crippen molar-refractivity contribution in [1.82, 2.24) is 9.97 Å². The second-order valence-electron chi connectivity index (χ2n) is 3.71. The Morgan fingerprint density at radius 1 is 1.39 bits per heavy atom. The van der Waals surface area contributed by atoms with Gasteiger partial charge in [-0.1, -0.05) is 6.07 Å². The molecule has 0 fully saturated rings. The number of aryl methyl sites for hydroxylation is 1. The number of hydrogen-bond donors (Lipinski definition) is 1. The van der Waals surface area contributed by atoms with Gasteiger partial charge in [0.25, 0.3) is 5.91 Å². The van der Waals surface area contributed by atoms with Crippen LogP contribution in [-0.2, 0) is 0 Å². The number of nitrogens with zero attached hydrogens (tertiary/aromatic N) is 2. The Labute approximate surface area is 105 Å². The Hall–Kier alpha value is -2.43. The fraction of sp³-hybridized carbons (Fsp3) is 0.154. The van der Waals surface area contributed by atoms with Crippen molar-refractivity contribution in [1.29, 1.82) is 0 Å². The molecular weight excluding hydrogens is 230 g/mol. The number of methoxy groups -OCH3 is 1. The first-order valence-electron chi connectivity index (χ1n) is 5.42. The molecule has 0 atom stereocenters. The quantitative estimate of drug-likeness (QED) is 0.896. The van der Waals surface area contributed by atoms with Crippen LogP contribution in [0.2, 0.25) is 0 Å². The Bertz CT molecular complexity index is 570. The number of rotatable bonds is 3. The van der Waals surface area contributed by atoms with Crippen molar-refractivity contribution in [2.24, 2.45) is 0 Å². The van der Waals surface area contributed by atoms with E-state index in [1.54, 1.807) is 26.2 Å². The Morgan fingerprint density at radius 3 is 2.94 bits per heavy atom. The van der Waals surface area contributed by atoms with Gasteiger partial charge < -0.3 is 10.1 Å². The minimum absolute atomic E-state index is 0.235. The van der Waals surface area contributed by atoms with Gasteiger partial charge >= 0.3 is 0 Å². The van der Waals surface area contributed by atoms with E-state index in [9.17, 15) is 4.79 Å². The molecule has 0 aliphatic rings. The molecule has 1 aromatic carbocycles. The van der Waals surface area contributed by atoms with E-state index >= 15 is 0 Å². The lowest BCUT2D eigenvalue weighted by Crippen LogP contribution is -2.14. The van der Waals surface area contributed by atoms with Crippen LogP contribution in [0.4, 0.5) is 5.69 Å². The molecule has 1 heterocycles. The van der Waals surface area contributed by atoms with Gasteiger partial charge in [-0.25, -0.2) is 9.97 Å². The smallest absolute Gasteiger partial charge is 0.259 e. The molecule has 0 saturated carbocycles. The largest absolute Gasteiger partial charge is 0.497 e. The second kappa shape index (κ2) is 5.27. The van der Waals surface area contributed by atoms with Crippen molar-refractivity contribution in [3.05, 3.63) is 48.0 Å². The predicted octanol–water partition coefficient (Wildman–Crippen LogP) is 2.05. The third-order valence-corrected chi connectivity index (χ3v) is 2.48. The highest BCUT2D eigenvalue weighted by atomic mass is 16.5. The molecule has 0 bridgehead atoms. The first kappa shape index (κ1) is 12.0. The number of hydrogen-bond acceptors (Lipinski definition) is 4. The predicted molar refractivity (Wildman–Crippen MR) is 67.7 cm³/mol. The molecule has 0 saturated heterocycles. The van der Waals surface area contributed by atoms with Crippen LogP contribution in [0, 0.1) is 6.92 Å². The van der Waals surface area contributed by atoms with Gasteiger partial charge in [0.05, 0.1) is 18.4 Å². The number of carbonyl (C=O) groups is 1. The summed E-state index contributed by atoms with van der Waals surface area (Å²) in [7, 11) is 1.58. The zero-order chi connectivity index (χ0) is 13.0. The summed E-state index contributed by atoms with van der Waals surface area (Å²) in [5, 5.41) is 2.77. The SMILES string of the molecule is COc1cccc(NC(=O)c2cncnc2C)c1. The van der Waals surface area contributed by atoms with Crippen LogP contribution in [-0.4, -0.2) is 23.0 Å². The highest BCUT2D eigenvalue weighted by Crippen LogP contribution is 2.17. The maximum absolute atomic E-state index is 12.0. The summed E-state index contributed by atoms with van der Waals surface area (Å²) in [4.78, 5) is 19.8. The van der Waals surface area contributed by atoms with Gasteiger partial charge in [-0.05, 0) is 19.1 Å². The topological polar surface area (TPSA) is 64.1 Å². The number of nitrogens with one attached hydrogen (secondary N) is 1. The van der Waals surface area contributed by atoms with Crippen LogP contribution >= 0.6 is 0 Å². The number of ether oxygens (including phenoxy) is 1. The molecule has 0 unspecified atom stereocenters. The molecule has 1 amide bonds. The highest BCUT2D eigenvalue weighted by Gasteiger charge is 2.10. The highest BCUT2D eigenvalue weighted by molar-refractivity contribution is 6.04. The van der Waals surface area contributed by atoms with Crippen LogP contribution in [0.5, 0.6) is 5.75 Å². The summed E-state index contributed by atoms with van der Waals surface area (Å²) in [6.45, 7) is 1.77. The van der Waals surface area contributed by atoms with Gasteiger partial charge in [0.15, 0.2) is 0 Å². The van der Waals surface area contributed by atoms with E-state index < -0.39 is 0 Å². The number of amides is 1. The first-order valence-corrected chi connectivity index (χ1v) is 5.42. The van der Waals surface area contributed by atoms with E-state index in [4.69, 9.17) is 4.74 Å². The average molecular weight is 243 g/mol. The minimum Gasteiger partial charge on any atom is -0.497 e. The van der Waals surface area contributed by atoms with Crippen molar-refractivity contribution in [2.75, 3.05) is 12.4 Å². The Balaban J connectivity index is 2.19. The molecule has 0 aliphatic carbocycles.